The van der Waals surface area contributed by atoms with Gasteiger partial charge in [0.05, 0.1) is 6.10 Å². The SMILES string of the molecule is CC(O)CC1CCCN1C(=O)c1c[nH]c(=O)[nH]1. The molecule has 1 aliphatic rings. The first-order chi connectivity index (χ1) is 8.08. The summed E-state index contributed by atoms with van der Waals surface area (Å²) in [4.78, 5) is 29.7. The number of aromatic nitrogens is 2. The highest BCUT2D eigenvalue weighted by molar-refractivity contribution is 5.92. The lowest BCUT2D eigenvalue weighted by Gasteiger charge is -2.25. The number of hydrogen-bond acceptors (Lipinski definition) is 3. The number of aliphatic hydroxyl groups excluding tert-OH is 1. The highest BCUT2D eigenvalue weighted by atomic mass is 16.3. The van der Waals surface area contributed by atoms with Gasteiger partial charge in [0.25, 0.3) is 5.91 Å². The summed E-state index contributed by atoms with van der Waals surface area (Å²) in [6.07, 6.45) is 3.41. The van der Waals surface area contributed by atoms with Gasteiger partial charge in [-0.25, -0.2) is 4.79 Å². The maximum atomic E-state index is 12.1. The summed E-state index contributed by atoms with van der Waals surface area (Å²) in [6, 6.07) is 0.0703. The van der Waals surface area contributed by atoms with E-state index in [9.17, 15) is 14.7 Å². The lowest BCUT2D eigenvalue weighted by molar-refractivity contribution is 0.0676. The molecule has 0 spiro atoms. The predicted octanol–water partition coefficient (Wildman–Crippen LogP) is 0.0785. The molecule has 1 aliphatic heterocycles. The first kappa shape index (κ1) is 11.9. The van der Waals surface area contributed by atoms with Crippen molar-refractivity contribution < 1.29 is 9.90 Å². The number of rotatable bonds is 3. The average Bonchev–Trinajstić information content (AvgIpc) is 2.85. The van der Waals surface area contributed by atoms with Crippen molar-refractivity contribution in [2.75, 3.05) is 6.54 Å². The van der Waals surface area contributed by atoms with Crippen molar-refractivity contribution >= 4 is 5.91 Å². The first-order valence-corrected chi connectivity index (χ1v) is 5.84. The van der Waals surface area contributed by atoms with Gasteiger partial charge in [0, 0.05) is 18.8 Å². The number of hydrogen-bond donors (Lipinski definition) is 3. The molecule has 0 aromatic carbocycles. The second kappa shape index (κ2) is 4.75. The molecule has 0 radical (unpaired) electrons. The molecule has 2 rings (SSSR count). The van der Waals surface area contributed by atoms with E-state index in [1.807, 2.05) is 0 Å². The van der Waals surface area contributed by atoms with E-state index < -0.39 is 6.10 Å². The molecule has 3 N–H and O–H groups in total. The monoisotopic (exact) mass is 239 g/mol. The van der Waals surface area contributed by atoms with E-state index in [2.05, 4.69) is 9.97 Å². The van der Waals surface area contributed by atoms with Crippen molar-refractivity contribution in [3.05, 3.63) is 22.4 Å². The molecule has 0 saturated carbocycles. The number of nitrogens with zero attached hydrogens (tertiary/aromatic N) is 1. The largest absolute Gasteiger partial charge is 0.393 e. The third-order valence-corrected chi connectivity index (χ3v) is 3.08. The molecule has 94 valence electrons. The summed E-state index contributed by atoms with van der Waals surface area (Å²) in [6.45, 7) is 2.41. The maximum absolute atomic E-state index is 12.1. The molecule has 2 unspecified atom stereocenters. The Kier molecular flexibility index (Phi) is 3.33. The first-order valence-electron chi connectivity index (χ1n) is 5.84. The minimum absolute atomic E-state index is 0.0703. The molecule has 1 amide bonds. The Morgan fingerprint density at radius 1 is 1.71 bits per heavy atom. The molecule has 1 saturated heterocycles. The number of aromatic amines is 2. The second-order valence-electron chi connectivity index (χ2n) is 4.54. The summed E-state index contributed by atoms with van der Waals surface area (Å²) >= 11 is 0. The van der Waals surface area contributed by atoms with Crippen LogP contribution in [0.15, 0.2) is 11.0 Å². The Hall–Kier alpha value is -1.56. The average molecular weight is 239 g/mol. The molecule has 6 nitrogen and oxygen atoms in total. The summed E-state index contributed by atoms with van der Waals surface area (Å²) in [5.41, 5.74) is -0.0906. The van der Waals surface area contributed by atoms with Crippen LogP contribution in [0, 0.1) is 0 Å². The molecule has 1 aromatic heterocycles. The lowest BCUT2D eigenvalue weighted by atomic mass is 10.1. The van der Waals surface area contributed by atoms with Crippen molar-refractivity contribution in [2.45, 2.75) is 38.3 Å². The van der Waals surface area contributed by atoms with Crippen LogP contribution >= 0.6 is 0 Å². The van der Waals surface area contributed by atoms with Gasteiger partial charge in [0.15, 0.2) is 0 Å². The zero-order chi connectivity index (χ0) is 12.4. The molecule has 0 bridgehead atoms. The summed E-state index contributed by atoms with van der Waals surface area (Å²) < 4.78 is 0. The van der Waals surface area contributed by atoms with Crippen molar-refractivity contribution in [1.82, 2.24) is 14.9 Å². The van der Waals surface area contributed by atoms with Gasteiger partial charge in [-0.15, -0.1) is 0 Å². The summed E-state index contributed by atoms with van der Waals surface area (Å²) in [5, 5.41) is 9.39. The fourth-order valence-electron chi connectivity index (χ4n) is 2.34. The van der Waals surface area contributed by atoms with Crippen LogP contribution in [0.3, 0.4) is 0 Å². The number of H-pyrrole nitrogens is 2. The molecule has 1 aromatic rings. The fraction of sp³-hybridized carbons (Fsp3) is 0.636. The molecule has 0 aliphatic carbocycles. The Balaban J connectivity index is 2.10. The van der Waals surface area contributed by atoms with E-state index in [0.29, 0.717) is 13.0 Å². The van der Waals surface area contributed by atoms with E-state index in [1.54, 1.807) is 11.8 Å². The molecular weight excluding hydrogens is 222 g/mol. The van der Waals surface area contributed by atoms with E-state index in [0.717, 1.165) is 12.8 Å². The minimum atomic E-state index is -0.418. The van der Waals surface area contributed by atoms with E-state index in [4.69, 9.17) is 0 Å². The number of imidazole rings is 1. The van der Waals surface area contributed by atoms with E-state index >= 15 is 0 Å². The Labute approximate surface area is 98.7 Å². The van der Waals surface area contributed by atoms with Crippen molar-refractivity contribution in [2.24, 2.45) is 0 Å². The topological polar surface area (TPSA) is 89.2 Å². The van der Waals surface area contributed by atoms with Crippen LogP contribution in [0.4, 0.5) is 0 Å². The van der Waals surface area contributed by atoms with Crippen molar-refractivity contribution in [3.63, 3.8) is 0 Å². The zero-order valence-electron chi connectivity index (χ0n) is 9.77. The van der Waals surface area contributed by atoms with E-state index in [-0.39, 0.29) is 23.3 Å². The van der Waals surface area contributed by atoms with Crippen LogP contribution in [-0.4, -0.2) is 44.6 Å². The van der Waals surface area contributed by atoms with Crippen LogP contribution in [0.5, 0.6) is 0 Å². The molecule has 2 heterocycles. The zero-order valence-corrected chi connectivity index (χ0v) is 9.77. The van der Waals surface area contributed by atoms with Gasteiger partial charge in [0.1, 0.15) is 5.69 Å². The molecule has 1 fully saturated rings. The van der Waals surface area contributed by atoms with Crippen LogP contribution in [0.25, 0.3) is 0 Å². The number of likely N-dealkylation sites (tertiary alicyclic amines) is 1. The van der Waals surface area contributed by atoms with Crippen molar-refractivity contribution in [1.29, 1.82) is 0 Å². The maximum Gasteiger partial charge on any atom is 0.323 e. The summed E-state index contributed by atoms with van der Waals surface area (Å²) in [7, 11) is 0. The van der Waals surface area contributed by atoms with Crippen LogP contribution < -0.4 is 5.69 Å². The highest BCUT2D eigenvalue weighted by Crippen LogP contribution is 2.22. The number of carbonyl (C=O) groups is 1. The third kappa shape index (κ3) is 2.58. The van der Waals surface area contributed by atoms with Gasteiger partial charge in [-0.1, -0.05) is 0 Å². The minimum Gasteiger partial charge on any atom is -0.393 e. The predicted molar refractivity (Wildman–Crippen MR) is 61.8 cm³/mol. The highest BCUT2D eigenvalue weighted by Gasteiger charge is 2.30. The Morgan fingerprint density at radius 2 is 2.47 bits per heavy atom. The van der Waals surface area contributed by atoms with E-state index in [1.165, 1.54) is 6.20 Å². The smallest absolute Gasteiger partial charge is 0.323 e. The number of amides is 1. The molecule has 6 heteroatoms. The van der Waals surface area contributed by atoms with Gasteiger partial charge < -0.3 is 20.0 Å². The number of carbonyl (C=O) groups excluding carboxylic acids is 1. The molecular formula is C11H17N3O3. The molecule has 17 heavy (non-hydrogen) atoms. The Bertz CT molecular complexity index is 449. The second-order valence-corrected chi connectivity index (χ2v) is 4.54. The fourth-order valence-corrected chi connectivity index (χ4v) is 2.34. The van der Waals surface area contributed by atoms with Crippen LogP contribution in [0.1, 0.15) is 36.7 Å². The van der Waals surface area contributed by atoms with Gasteiger partial charge >= 0.3 is 5.69 Å². The van der Waals surface area contributed by atoms with Crippen LogP contribution in [0.2, 0.25) is 0 Å². The standard InChI is InChI=1S/C11H17N3O3/c1-7(15)5-8-3-2-4-14(8)10(16)9-6-12-11(17)13-9/h6-8,15H,2-5H2,1H3,(H2,12,13,17). The number of nitrogens with one attached hydrogen (secondary N) is 2. The van der Waals surface area contributed by atoms with Crippen molar-refractivity contribution in [3.8, 4) is 0 Å². The van der Waals surface area contributed by atoms with Gasteiger partial charge in [-0.3, -0.25) is 4.79 Å². The quantitative estimate of drug-likeness (QED) is 0.697. The molecule has 2 atom stereocenters. The normalized spacial score (nSPS) is 21.8. The number of aliphatic hydroxyl groups is 1. The summed E-state index contributed by atoms with van der Waals surface area (Å²) in [5.74, 6) is -0.175. The van der Waals surface area contributed by atoms with Gasteiger partial charge in [-0.2, -0.15) is 0 Å². The van der Waals surface area contributed by atoms with Crippen LogP contribution in [-0.2, 0) is 0 Å². The third-order valence-electron chi connectivity index (χ3n) is 3.08. The Morgan fingerprint density at radius 3 is 3.06 bits per heavy atom. The lowest BCUT2D eigenvalue weighted by Crippen LogP contribution is -2.37. The van der Waals surface area contributed by atoms with Gasteiger partial charge in [0.2, 0.25) is 0 Å². The van der Waals surface area contributed by atoms with Gasteiger partial charge in [-0.05, 0) is 26.2 Å².